The Bertz CT molecular complexity index is 704. The molecule has 0 spiro atoms. The number of nitro groups is 1. The Labute approximate surface area is 144 Å². The molecule has 24 heavy (non-hydrogen) atoms. The van der Waals surface area contributed by atoms with Gasteiger partial charge in [-0.25, -0.2) is 0 Å². The first-order valence-corrected chi connectivity index (χ1v) is 7.51. The Morgan fingerprint density at radius 1 is 1.25 bits per heavy atom. The van der Waals surface area contributed by atoms with Crippen molar-refractivity contribution in [1.29, 1.82) is 0 Å². The van der Waals surface area contributed by atoms with Crippen molar-refractivity contribution in [2.24, 2.45) is 0 Å². The molecule has 3 N–H and O–H groups in total. The fourth-order valence-electron chi connectivity index (χ4n) is 1.98. The minimum absolute atomic E-state index is 0.0180. The normalized spacial score (nSPS) is 11.4. The van der Waals surface area contributed by atoms with E-state index in [4.69, 9.17) is 17.0 Å². The van der Waals surface area contributed by atoms with Gasteiger partial charge in [0.05, 0.1) is 18.1 Å². The van der Waals surface area contributed by atoms with Crippen molar-refractivity contribution >= 4 is 28.7 Å². The molecule has 2 aromatic carbocycles. The quantitative estimate of drug-likeness (QED) is 0.420. The highest BCUT2D eigenvalue weighted by atomic mass is 32.1. The number of anilines is 1. The van der Waals surface area contributed by atoms with Gasteiger partial charge in [0.25, 0.3) is 5.69 Å². The van der Waals surface area contributed by atoms with Crippen LogP contribution < -0.4 is 15.4 Å². The second-order valence-corrected chi connectivity index (χ2v) is 5.34. The Morgan fingerprint density at radius 2 is 1.88 bits per heavy atom. The Kier molecular flexibility index (Phi) is 6.05. The number of nitrogens with zero attached hydrogens (tertiary/aromatic N) is 1. The van der Waals surface area contributed by atoms with Crippen LogP contribution in [0.4, 0.5) is 11.4 Å². The Morgan fingerprint density at radius 3 is 2.42 bits per heavy atom. The van der Waals surface area contributed by atoms with E-state index in [-0.39, 0.29) is 12.2 Å². The van der Waals surface area contributed by atoms with E-state index in [1.807, 2.05) is 12.1 Å². The molecule has 1 atom stereocenters. The van der Waals surface area contributed by atoms with E-state index in [0.29, 0.717) is 10.7 Å². The van der Waals surface area contributed by atoms with Gasteiger partial charge in [-0.2, -0.15) is 0 Å². The summed E-state index contributed by atoms with van der Waals surface area (Å²) < 4.78 is 5.07. The van der Waals surface area contributed by atoms with E-state index in [0.717, 1.165) is 11.4 Å². The number of nitro benzene ring substituents is 1. The third-order valence-corrected chi connectivity index (χ3v) is 3.54. The van der Waals surface area contributed by atoms with Crippen LogP contribution in [-0.4, -0.2) is 28.8 Å². The van der Waals surface area contributed by atoms with Crippen LogP contribution >= 0.6 is 12.2 Å². The highest BCUT2D eigenvalue weighted by molar-refractivity contribution is 7.80. The average Bonchev–Trinajstić information content (AvgIpc) is 2.60. The van der Waals surface area contributed by atoms with Crippen LogP contribution in [0.2, 0.25) is 0 Å². The molecule has 0 radical (unpaired) electrons. The van der Waals surface area contributed by atoms with E-state index in [2.05, 4.69) is 10.6 Å². The first kappa shape index (κ1) is 17.6. The summed E-state index contributed by atoms with van der Waals surface area (Å²) in [5.74, 6) is 0.744. The van der Waals surface area contributed by atoms with Gasteiger partial charge in [0.2, 0.25) is 0 Å². The number of aliphatic hydroxyl groups excluding tert-OH is 1. The predicted molar refractivity (Wildman–Crippen MR) is 95.3 cm³/mol. The SMILES string of the molecule is COc1ccc(NC(=S)NCC(O)c2ccc([N+](=O)[O-])cc2)cc1. The fourth-order valence-corrected chi connectivity index (χ4v) is 2.18. The molecule has 2 rings (SSSR count). The van der Waals surface area contributed by atoms with Gasteiger partial charge in [-0.1, -0.05) is 0 Å². The summed E-state index contributed by atoms with van der Waals surface area (Å²) in [5.41, 5.74) is 1.34. The molecule has 0 fully saturated rings. The maximum absolute atomic E-state index is 10.6. The van der Waals surface area contributed by atoms with Crippen LogP contribution in [0.1, 0.15) is 11.7 Å². The number of hydrogen-bond donors (Lipinski definition) is 3. The molecule has 0 heterocycles. The highest BCUT2D eigenvalue weighted by Crippen LogP contribution is 2.17. The minimum atomic E-state index is -0.832. The van der Waals surface area contributed by atoms with E-state index in [1.165, 1.54) is 24.3 Å². The monoisotopic (exact) mass is 347 g/mol. The summed E-state index contributed by atoms with van der Waals surface area (Å²) in [6.07, 6.45) is -0.832. The lowest BCUT2D eigenvalue weighted by molar-refractivity contribution is -0.384. The fraction of sp³-hybridized carbons (Fsp3) is 0.188. The number of rotatable bonds is 6. The Hall–Kier alpha value is -2.71. The minimum Gasteiger partial charge on any atom is -0.497 e. The number of nitrogens with one attached hydrogen (secondary N) is 2. The molecule has 0 saturated heterocycles. The second kappa shape index (κ2) is 8.23. The van der Waals surface area contributed by atoms with E-state index in [1.54, 1.807) is 19.2 Å². The zero-order valence-corrected chi connectivity index (χ0v) is 13.7. The molecule has 0 saturated carbocycles. The van der Waals surface area contributed by atoms with Gasteiger partial charge in [-0.05, 0) is 54.2 Å². The zero-order valence-electron chi connectivity index (χ0n) is 12.9. The summed E-state index contributed by atoms with van der Waals surface area (Å²) in [6.45, 7) is 0.180. The van der Waals surface area contributed by atoms with Crippen LogP contribution in [0.15, 0.2) is 48.5 Å². The van der Waals surface area contributed by atoms with E-state index >= 15 is 0 Å². The molecule has 0 amide bonds. The summed E-state index contributed by atoms with van der Waals surface area (Å²) in [4.78, 5) is 10.1. The van der Waals surface area contributed by atoms with Gasteiger partial charge in [0.15, 0.2) is 5.11 Å². The number of benzene rings is 2. The first-order valence-electron chi connectivity index (χ1n) is 7.11. The maximum atomic E-state index is 10.6. The summed E-state index contributed by atoms with van der Waals surface area (Å²) in [6, 6.07) is 13.0. The third-order valence-electron chi connectivity index (χ3n) is 3.29. The summed E-state index contributed by atoms with van der Waals surface area (Å²) in [5, 5.41) is 27.0. The average molecular weight is 347 g/mol. The predicted octanol–water partition coefficient (Wildman–Crippen LogP) is 2.62. The molecule has 0 bridgehead atoms. The smallest absolute Gasteiger partial charge is 0.269 e. The van der Waals surface area contributed by atoms with Crippen LogP contribution in [0.25, 0.3) is 0 Å². The van der Waals surface area contributed by atoms with Crippen molar-refractivity contribution in [1.82, 2.24) is 5.32 Å². The summed E-state index contributed by atoms with van der Waals surface area (Å²) in [7, 11) is 1.59. The van der Waals surface area contributed by atoms with Crippen LogP contribution in [0.5, 0.6) is 5.75 Å². The van der Waals surface area contributed by atoms with Crippen molar-refractivity contribution in [2.45, 2.75) is 6.10 Å². The molecule has 8 heteroatoms. The van der Waals surface area contributed by atoms with Gasteiger partial charge in [0.1, 0.15) is 5.75 Å². The molecule has 1 unspecified atom stereocenters. The van der Waals surface area contributed by atoms with Crippen LogP contribution in [0.3, 0.4) is 0 Å². The third kappa shape index (κ3) is 4.90. The standard InChI is InChI=1S/C16H17N3O4S/c1-23-14-8-4-12(5-9-14)18-16(24)17-10-15(20)11-2-6-13(7-3-11)19(21)22/h2-9,15,20H,10H2,1H3,(H2,17,18,24). The molecular formula is C16H17N3O4S. The number of thiocarbonyl (C=S) groups is 1. The molecular weight excluding hydrogens is 330 g/mol. The van der Waals surface area contributed by atoms with Gasteiger partial charge in [0, 0.05) is 24.4 Å². The molecule has 126 valence electrons. The number of ether oxygens (including phenoxy) is 1. The van der Waals surface area contributed by atoms with Crippen molar-refractivity contribution in [2.75, 3.05) is 19.0 Å². The number of hydrogen-bond acceptors (Lipinski definition) is 5. The van der Waals surface area contributed by atoms with Crippen molar-refractivity contribution in [3.63, 3.8) is 0 Å². The number of non-ortho nitro benzene ring substituents is 1. The van der Waals surface area contributed by atoms with Gasteiger partial charge in [-0.15, -0.1) is 0 Å². The summed E-state index contributed by atoms with van der Waals surface area (Å²) >= 11 is 5.17. The molecule has 0 aliphatic carbocycles. The number of methoxy groups -OCH3 is 1. The van der Waals surface area contributed by atoms with Crippen molar-refractivity contribution in [3.05, 3.63) is 64.2 Å². The van der Waals surface area contributed by atoms with Crippen LogP contribution in [-0.2, 0) is 0 Å². The van der Waals surface area contributed by atoms with Crippen molar-refractivity contribution < 1.29 is 14.8 Å². The molecule has 7 nitrogen and oxygen atoms in total. The lowest BCUT2D eigenvalue weighted by Crippen LogP contribution is -2.32. The van der Waals surface area contributed by atoms with E-state index in [9.17, 15) is 15.2 Å². The molecule has 0 aliphatic rings. The molecule has 2 aromatic rings. The lowest BCUT2D eigenvalue weighted by atomic mass is 10.1. The second-order valence-electron chi connectivity index (χ2n) is 4.93. The van der Waals surface area contributed by atoms with Gasteiger partial charge < -0.3 is 20.5 Å². The maximum Gasteiger partial charge on any atom is 0.269 e. The molecule has 0 aromatic heterocycles. The number of aliphatic hydroxyl groups is 1. The van der Waals surface area contributed by atoms with Crippen molar-refractivity contribution in [3.8, 4) is 5.75 Å². The molecule has 0 aliphatic heterocycles. The van der Waals surface area contributed by atoms with Crippen LogP contribution in [0, 0.1) is 10.1 Å². The first-order chi connectivity index (χ1) is 11.5. The lowest BCUT2D eigenvalue weighted by Gasteiger charge is -2.15. The zero-order chi connectivity index (χ0) is 17.5. The topological polar surface area (TPSA) is 96.7 Å². The Balaban J connectivity index is 1.84. The largest absolute Gasteiger partial charge is 0.497 e. The van der Waals surface area contributed by atoms with Gasteiger partial charge in [-0.3, -0.25) is 10.1 Å². The van der Waals surface area contributed by atoms with E-state index < -0.39 is 11.0 Å². The highest BCUT2D eigenvalue weighted by Gasteiger charge is 2.11. The van der Waals surface area contributed by atoms with Gasteiger partial charge >= 0.3 is 0 Å².